The molecule has 0 spiro atoms. The monoisotopic (exact) mass is 424 g/mol. The predicted molar refractivity (Wildman–Crippen MR) is 117 cm³/mol. The highest BCUT2D eigenvalue weighted by Crippen LogP contribution is 2.24. The molecule has 0 fully saturated rings. The summed E-state index contributed by atoms with van der Waals surface area (Å²) in [6.07, 6.45) is 1.54. The van der Waals surface area contributed by atoms with E-state index >= 15 is 0 Å². The Balaban J connectivity index is 1.60. The summed E-state index contributed by atoms with van der Waals surface area (Å²) in [4.78, 5) is 12.4. The largest absolute Gasteiger partial charge is 0.497 e. The van der Waals surface area contributed by atoms with Crippen molar-refractivity contribution in [3.8, 4) is 17.2 Å². The molecule has 0 aliphatic rings. The normalized spacial score (nSPS) is 10.6. The van der Waals surface area contributed by atoms with Crippen LogP contribution in [0.5, 0.6) is 17.2 Å². The topological polar surface area (TPSA) is 69.2 Å². The van der Waals surface area contributed by atoms with Gasteiger partial charge in [0, 0.05) is 11.1 Å². The lowest BCUT2D eigenvalue weighted by Gasteiger charge is -2.09. The van der Waals surface area contributed by atoms with Gasteiger partial charge in [0.05, 0.1) is 26.0 Å². The summed E-state index contributed by atoms with van der Waals surface area (Å²) in [7, 11) is 3.04. The van der Waals surface area contributed by atoms with E-state index in [0.29, 0.717) is 34.4 Å². The zero-order valence-electron chi connectivity index (χ0n) is 16.6. The number of ether oxygens (including phenoxy) is 3. The Bertz CT molecular complexity index is 1040. The number of halogens is 1. The molecular weight excluding hydrogens is 404 g/mol. The average Bonchev–Trinajstić information content (AvgIpc) is 2.78. The highest BCUT2D eigenvalue weighted by atomic mass is 35.5. The van der Waals surface area contributed by atoms with Crippen molar-refractivity contribution in [2.45, 2.75) is 6.61 Å². The van der Waals surface area contributed by atoms with E-state index in [-0.39, 0.29) is 5.91 Å². The van der Waals surface area contributed by atoms with E-state index < -0.39 is 0 Å². The van der Waals surface area contributed by atoms with Gasteiger partial charge in [0.15, 0.2) is 0 Å². The number of carbonyl (C=O) groups excluding carboxylic acids is 1. The lowest BCUT2D eigenvalue weighted by molar-refractivity contribution is 0.0952. The fourth-order valence-electron chi connectivity index (χ4n) is 2.64. The molecule has 0 aliphatic carbocycles. The second-order valence-electron chi connectivity index (χ2n) is 6.25. The third-order valence-electron chi connectivity index (χ3n) is 4.21. The Morgan fingerprint density at radius 3 is 2.53 bits per heavy atom. The molecule has 3 aromatic carbocycles. The molecule has 0 aliphatic heterocycles. The van der Waals surface area contributed by atoms with Crippen molar-refractivity contribution in [3.63, 3.8) is 0 Å². The van der Waals surface area contributed by atoms with Crippen LogP contribution in [0.1, 0.15) is 21.5 Å². The first-order valence-corrected chi connectivity index (χ1v) is 9.49. The zero-order valence-corrected chi connectivity index (χ0v) is 17.3. The maximum Gasteiger partial charge on any atom is 0.275 e. The number of amides is 1. The van der Waals surface area contributed by atoms with Gasteiger partial charge >= 0.3 is 0 Å². The van der Waals surface area contributed by atoms with E-state index in [2.05, 4.69) is 10.5 Å². The summed E-state index contributed by atoms with van der Waals surface area (Å²) < 4.78 is 16.2. The molecule has 30 heavy (non-hydrogen) atoms. The molecule has 0 heterocycles. The molecule has 0 saturated carbocycles. The van der Waals surface area contributed by atoms with Crippen LogP contribution in [0, 0.1) is 0 Å². The summed E-state index contributed by atoms with van der Waals surface area (Å²) in [5, 5.41) is 4.71. The summed E-state index contributed by atoms with van der Waals surface area (Å²) >= 11 is 5.89. The zero-order chi connectivity index (χ0) is 21.3. The minimum Gasteiger partial charge on any atom is -0.497 e. The van der Waals surface area contributed by atoms with E-state index in [9.17, 15) is 4.79 Å². The minimum atomic E-state index is -0.388. The quantitative estimate of drug-likeness (QED) is 0.420. The van der Waals surface area contributed by atoms with E-state index in [4.69, 9.17) is 25.8 Å². The van der Waals surface area contributed by atoms with Crippen molar-refractivity contribution in [1.29, 1.82) is 0 Å². The average molecular weight is 425 g/mol. The maximum absolute atomic E-state index is 12.4. The van der Waals surface area contributed by atoms with E-state index in [0.717, 1.165) is 11.1 Å². The van der Waals surface area contributed by atoms with Crippen LogP contribution < -0.4 is 19.6 Å². The number of hydrazone groups is 1. The second-order valence-corrected chi connectivity index (χ2v) is 6.69. The third kappa shape index (κ3) is 5.75. The van der Waals surface area contributed by atoms with Crippen LogP contribution in [0.25, 0.3) is 0 Å². The maximum atomic E-state index is 12.4. The van der Waals surface area contributed by atoms with E-state index in [1.807, 2.05) is 48.5 Å². The Morgan fingerprint density at radius 2 is 1.80 bits per heavy atom. The molecule has 7 heteroatoms. The number of methoxy groups -OCH3 is 2. The second kappa shape index (κ2) is 10.3. The van der Waals surface area contributed by atoms with Crippen molar-refractivity contribution >= 4 is 23.7 Å². The highest BCUT2D eigenvalue weighted by Gasteiger charge is 2.12. The van der Waals surface area contributed by atoms with Gasteiger partial charge in [0.1, 0.15) is 23.9 Å². The smallest absolute Gasteiger partial charge is 0.275 e. The summed E-state index contributed by atoms with van der Waals surface area (Å²) in [5.74, 6) is 1.31. The number of carbonyl (C=O) groups is 1. The van der Waals surface area contributed by atoms with E-state index in [1.165, 1.54) is 7.11 Å². The third-order valence-corrected chi connectivity index (χ3v) is 4.46. The van der Waals surface area contributed by atoms with Crippen molar-refractivity contribution < 1.29 is 19.0 Å². The summed E-state index contributed by atoms with van der Waals surface area (Å²) in [6.45, 7) is 0.422. The first-order chi connectivity index (χ1) is 14.6. The van der Waals surface area contributed by atoms with Gasteiger partial charge in [-0.1, -0.05) is 35.9 Å². The number of benzene rings is 3. The lowest BCUT2D eigenvalue weighted by Crippen LogP contribution is -2.18. The first kappa shape index (κ1) is 21.2. The molecule has 1 N–H and O–H groups in total. The summed E-state index contributed by atoms with van der Waals surface area (Å²) in [6, 6.07) is 19.8. The van der Waals surface area contributed by atoms with Crippen LogP contribution in [0.3, 0.4) is 0 Å². The molecule has 0 unspecified atom stereocenters. The van der Waals surface area contributed by atoms with Crippen LogP contribution in [0.4, 0.5) is 0 Å². The van der Waals surface area contributed by atoms with Crippen LogP contribution >= 0.6 is 11.6 Å². The number of rotatable bonds is 8. The Hall–Kier alpha value is -3.51. The fraction of sp³-hybridized carbons (Fsp3) is 0.130. The van der Waals surface area contributed by atoms with Crippen molar-refractivity contribution in [2.75, 3.05) is 14.2 Å². The SMILES string of the molecule is COc1ccc(C(=O)N/N=C\c2cccc(OCc3ccc(Cl)cc3)c2)c(OC)c1. The van der Waals surface area contributed by atoms with E-state index in [1.54, 1.807) is 31.5 Å². The molecule has 0 atom stereocenters. The fourth-order valence-corrected chi connectivity index (χ4v) is 2.77. The molecule has 6 nitrogen and oxygen atoms in total. The molecule has 0 bridgehead atoms. The first-order valence-electron chi connectivity index (χ1n) is 9.12. The molecular formula is C23H21ClN2O4. The van der Waals surface area contributed by atoms with Crippen molar-refractivity contribution in [1.82, 2.24) is 5.43 Å². The van der Waals surface area contributed by atoms with Gasteiger partial charge in [0.25, 0.3) is 5.91 Å². The molecule has 1 amide bonds. The molecule has 3 aromatic rings. The number of hydrogen-bond donors (Lipinski definition) is 1. The minimum absolute atomic E-state index is 0.357. The van der Waals surface area contributed by atoms with Gasteiger partial charge in [0.2, 0.25) is 0 Å². The molecule has 0 radical (unpaired) electrons. The van der Waals surface area contributed by atoms with Crippen LogP contribution in [0.2, 0.25) is 5.02 Å². The van der Waals surface area contributed by atoms with Crippen LogP contribution in [-0.4, -0.2) is 26.3 Å². The molecule has 0 aromatic heterocycles. The van der Waals surface area contributed by atoms with Gasteiger partial charge in [-0.2, -0.15) is 5.10 Å². The van der Waals surface area contributed by atoms with Gasteiger partial charge < -0.3 is 14.2 Å². The highest BCUT2D eigenvalue weighted by molar-refractivity contribution is 6.30. The number of nitrogens with zero attached hydrogens (tertiary/aromatic N) is 1. The van der Waals surface area contributed by atoms with Crippen LogP contribution in [0.15, 0.2) is 71.8 Å². The summed E-state index contributed by atoms with van der Waals surface area (Å²) in [5.41, 5.74) is 4.65. The number of nitrogens with one attached hydrogen (secondary N) is 1. The van der Waals surface area contributed by atoms with Gasteiger partial charge in [-0.25, -0.2) is 5.43 Å². The molecule has 154 valence electrons. The molecule has 3 rings (SSSR count). The van der Waals surface area contributed by atoms with Crippen molar-refractivity contribution in [2.24, 2.45) is 5.10 Å². The Labute approximate surface area is 180 Å². The Kier molecular flexibility index (Phi) is 7.29. The van der Waals surface area contributed by atoms with Gasteiger partial charge in [-0.05, 0) is 47.5 Å². The van der Waals surface area contributed by atoms with Gasteiger partial charge in [-0.3, -0.25) is 4.79 Å². The Morgan fingerprint density at radius 1 is 1.00 bits per heavy atom. The van der Waals surface area contributed by atoms with Crippen LogP contribution in [-0.2, 0) is 6.61 Å². The molecule has 0 saturated heterocycles. The predicted octanol–water partition coefficient (Wildman–Crippen LogP) is 4.70. The standard InChI is InChI=1S/C23H21ClN2O4/c1-28-19-10-11-21(22(13-19)29-2)23(27)26-25-14-17-4-3-5-20(12-17)30-15-16-6-8-18(24)9-7-16/h3-14H,15H2,1-2H3,(H,26,27)/b25-14-. The van der Waals surface area contributed by atoms with Gasteiger partial charge in [-0.15, -0.1) is 0 Å². The van der Waals surface area contributed by atoms with Crippen molar-refractivity contribution in [3.05, 3.63) is 88.4 Å². The number of hydrogen-bond acceptors (Lipinski definition) is 5. The lowest BCUT2D eigenvalue weighted by atomic mass is 10.2.